The van der Waals surface area contributed by atoms with Crippen LogP contribution in [0.5, 0.6) is 11.5 Å². The zero-order valence-corrected chi connectivity index (χ0v) is 14.8. The van der Waals surface area contributed by atoms with Crippen molar-refractivity contribution in [3.8, 4) is 11.5 Å². The second-order valence-electron chi connectivity index (χ2n) is 4.70. The highest BCUT2D eigenvalue weighted by molar-refractivity contribution is 5.29. The molecule has 1 aromatic rings. The van der Waals surface area contributed by atoms with E-state index in [0.717, 1.165) is 5.75 Å². The van der Waals surface area contributed by atoms with Crippen LogP contribution >= 0.6 is 0 Å². The maximum atomic E-state index is 5.56. The van der Waals surface area contributed by atoms with Gasteiger partial charge >= 0.3 is 0 Å². The van der Waals surface area contributed by atoms with Crippen LogP contribution in [0.1, 0.15) is 13.8 Å². The molecular weight excluding hydrogens is 312 g/mol. The van der Waals surface area contributed by atoms with Crippen LogP contribution in [0.15, 0.2) is 18.2 Å². The molecule has 1 radical (unpaired) electrons. The average Bonchev–Trinajstić information content (AvgIpc) is 2.61. The first-order chi connectivity index (χ1) is 11.9. The molecule has 0 atom stereocenters. The Morgan fingerprint density at radius 1 is 0.667 bits per heavy atom. The van der Waals surface area contributed by atoms with Crippen LogP contribution in [0, 0.1) is 6.07 Å². The average molecular weight is 341 g/mol. The van der Waals surface area contributed by atoms with Crippen molar-refractivity contribution in [3.63, 3.8) is 0 Å². The Hall–Kier alpha value is -1.34. The normalized spacial score (nSPS) is 10.8. The van der Waals surface area contributed by atoms with Gasteiger partial charge in [0.2, 0.25) is 0 Å². The number of benzene rings is 1. The summed E-state index contributed by atoms with van der Waals surface area (Å²) in [6.07, 6.45) is 0. The maximum absolute atomic E-state index is 5.56. The lowest BCUT2D eigenvalue weighted by molar-refractivity contribution is 0.0400. The molecule has 0 amide bonds. The molecule has 0 aliphatic rings. The van der Waals surface area contributed by atoms with Gasteiger partial charge in [0.25, 0.3) is 0 Å². The molecule has 6 nitrogen and oxygen atoms in total. The molecule has 6 heteroatoms. The Balaban J connectivity index is 2.02. The predicted octanol–water partition coefficient (Wildman–Crippen LogP) is 2.35. The highest BCUT2D eigenvalue weighted by atomic mass is 16.5. The molecule has 1 aromatic carbocycles. The van der Waals surface area contributed by atoms with E-state index >= 15 is 0 Å². The van der Waals surface area contributed by atoms with Gasteiger partial charge in [0.05, 0.1) is 39.6 Å². The minimum absolute atomic E-state index is 0.483. The summed E-state index contributed by atoms with van der Waals surface area (Å²) in [5.41, 5.74) is 0. The van der Waals surface area contributed by atoms with Gasteiger partial charge in [-0.3, -0.25) is 0 Å². The van der Waals surface area contributed by atoms with Crippen molar-refractivity contribution in [1.82, 2.24) is 0 Å². The monoisotopic (exact) mass is 341 g/mol. The lowest BCUT2D eigenvalue weighted by atomic mass is 10.3. The second-order valence-corrected chi connectivity index (χ2v) is 4.70. The van der Waals surface area contributed by atoms with Gasteiger partial charge in [0, 0.05) is 19.3 Å². The van der Waals surface area contributed by atoms with E-state index in [9.17, 15) is 0 Å². The predicted molar refractivity (Wildman–Crippen MR) is 90.9 cm³/mol. The molecule has 24 heavy (non-hydrogen) atoms. The Bertz CT molecular complexity index is 345. The first kappa shape index (κ1) is 20.7. The van der Waals surface area contributed by atoms with Crippen molar-refractivity contribution in [3.05, 3.63) is 24.3 Å². The van der Waals surface area contributed by atoms with Gasteiger partial charge in [-0.05, 0) is 32.0 Å². The van der Waals surface area contributed by atoms with E-state index in [4.69, 9.17) is 28.4 Å². The van der Waals surface area contributed by atoms with Gasteiger partial charge in [0.1, 0.15) is 24.7 Å². The third-order valence-corrected chi connectivity index (χ3v) is 2.89. The summed E-state index contributed by atoms with van der Waals surface area (Å²) in [6.45, 7) is 9.78. The summed E-state index contributed by atoms with van der Waals surface area (Å²) < 4.78 is 32.2. The van der Waals surface area contributed by atoms with Crippen LogP contribution < -0.4 is 9.47 Å². The molecule has 0 unspecified atom stereocenters. The summed E-state index contributed by atoms with van der Waals surface area (Å²) in [4.78, 5) is 0. The molecular formula is C18H29O6. The van der Waals surface area contributed by atoms with Gasteiger partial charge < -0.3 is 28.4 Å². The standard InChI is InChI=1S/C18H29O6/c1-3-19-9-11-21-13-15-23-17-5-7-18(8-6-17)24-16-14-22-12-10-20-4-2/h5-7H,3-4,9-16H2,1-2H3. The summed E-state index contributed by atoms with van der Waals surface area (Å²) in [5.74, 6) is 1.41. The number of hydrogen-bond acceptors (Lipinski definition) is 6. The molecule has 1 rings (SSSR count). The Morgan fingerprint density at radius 3 is 1.75 bits per heavy atom. The van der Waals surface area contributed by atoms with Crippen LogP contribution in [0.4, 0.5) is 0 Å². The Morgan fingerprint density at radius 2 is 1.21 bits per heavy atom. The highest BCUT2D eigenvalue weighted by Gasteiger charge is 1.98. The van der Waals surface area contributed by atoms with Gasteiger partial charge in [-0.25, -0.2) is 0 Å². The molecule has 0 heterocycles. The van der Waals surface area contributed by atoms with E-state index in [-0.39, 0.29) is 0 Å². The lowest BCUT2D eigenvalue weighted by Gasteiger charge is -2.09. The summed E-state index contributed by atoms with van der Waals surface area (Å²) in [5, 5.41) is 0. The van der Waals surface area contributed by atoms with E-state index < -0.39 is 0 Å². The van der Waals surface area contributed by atoms with Gasteiger partial charge in [-0.1, -0.05) is 0 Å². The summed E-state index contributed by atoms with van der Waals surface area (Å²) in [6, 6.07) is 8.46. The number of ether oxygens (including phenoxy) is 6. The van der Waals surface area contributed by atoms with E-state index in [2.05, 4.69) is 6.07 Å². The fourth-order valence-electron chi connectivity index (χ4n) is 1.73. The van der Waals surface area contributed by atoms with Crippen LogP contribution in [-0.4, -0.2) is 66.1 Å². The van der Waals surface area contributed by atoms with Crippen LogP contribution in [-0.2, 0) is 18.9 Å². The van der Waals surface area contributed by atoms with E-state index in [1.165, 1.54) is 0 Å². The molecule has 0 N–H and O–H groups in total. The third-order valence-electron chi connectivity index (χ3n) is 2.89. The van der Waals surface area contributed by atoms with Crippen molar-refractivity contribution in [2.24, 2.45) is 0 Å². The zero-order valence-electron chi connectivity index (χ0n) is 14.8. The molecule has 137 valence electrons. The first-order valence-electron chi connectivity index (χ1n) is 8.45. The smallest absolute Gasteiger partial charge is 0.127 e. The zero-order chi connectivity index (χ0) is 17.3. The van der Waals surface area contributed by atoms with E-state index in [1.54, 1.807) is 6.07 Å². The molecule has 0 fully saturated rings. The molecule has 0 aromatic heterocycles. The molecule has 0 saturated heterocycles. The first-order valence-corrected chi connectivity index (χ1v) is 8.45. The Kier molecular flexibility index (Phi) is 13.1. The molecule has 0 bridgehead atoms. The number of hydrogen-bond donors (Lipinski definition) is 0. The quantitative estimate of drug-likeness (QED) is 0.430. The maximum Gasteiger partial charge on any atom is 0.127 e. The SMILES string of the molecule is CCOCCOCCOc1[c]cc(OCCOCCOCC)cc1. The summed E-state index contributed by atoms with van der Waals surface area (Å²) in [7, 11) is 0. The minimum Gasteiger partial charge on any atom is -0.491 e. The van der Waals surface area contributed by atoms with Gasteiger partial charge in [-0.2, -0.15) is 0 Å². The highest BCUT2D eigenvalue weighted by Crippen LogP contribution is 2.16. The number of rotatable bonds is 16. The molecule has 0 spiro atoms. The van der Waals surface area contributed by atoms with Crippen molar-refractivity contribution < 1.29 is 28.4 Å². The largest absolute Gasteiger partial charge is 0.491 e. The van der Waals surface area contributed by atoms with E-state index in [0.29, 0.717) is 71.8 Å². The molecule has 0 aliphatic carbocycles. The van der Waals surface area contributed by atoms with E-state index in [1.807, 2.05) is 26.0 Å². The second kappa shape index (κ2) is 15.2. The lowest BCUT2D eigenvalue weighted by Crippen LogP contribution is -2.11. The Labute approximate surface area is 144 Å². The van der Waals surface area contributed by atoms with Crippen molar-refractivity contribution in [2.75, 3.05) is 66.1 Å². The van der Waals surface area contributed by atoms with Crippen molar-refractivity contribution in [2.45, 2.75) is 13.8 Å². The van der Waals surface area contributed by atoms with Crippen LogP contribution in [0.3, 0.4) is 0 Å². The third kappa shape index (κ3) is 11.2. The van der Waals surface area contributed by atoms with Crippen molar-refractivity contribution in [1.29, 1.82) is 0 Å². The fourth-order valence-corrected chi connectivity index (χ4v) is 1.73. The van der Waals surface area contributed by atoms with Crippen LogP contribution in [0.2, 0.25) is 0 Å². The topological polar surface area (TPSA) is 55.4 Å². The van der Waals surface area contributed by atoms with Crippen molar-refractivity contribution >= 4 is 0 Å². The van der Waals surface area contributed by atoms with Gasteiger partial charge in [-0.15, -0.1) is 0 Å². The summed E-state index contributed by atoms with van der Waals surface area (Å²) >= 11 is 0. The molecule has 0 aliphatic heterocycles. The molecule has 0 saturated carbocycles. The fraction of sp³-hybridized carbons (Fsp3) is 0.667. The van der Waals surface area contributed by atoms with Crippen LogP contribution in [0.25, 0.3) is 0 Å². The minimum atomic E-state index is 0.483. The van der Waals surface area contributed by atoms with Gasteiger partial charge in [0.15, 0.2) is 0 Å².